The summed E-state index contributed by atoms with van der Waals surface area (Å²) in [7, 11) is 0. The van der Waals surface area contributed by atoms with E-state index in [2.05, 4.69) is 46.1 Å². The van der Waals surface area contributed by atoms with E-state index in [0.29, 0.717) is 11.5 Å². The predicted molar refractivity (Wildman–Crippen MR) is 67.6 cm³/mol. The van der Waals surface area contributed by atoms with Gasteiger partial charge in [0.25, 0.3) is 0 Å². The van der Waals surface area contributed by atoms with Gasteiger partial charge in [-0.1, -0.05) is 13.8 Å². The molecule has 1 aliphatic heterocycles. The van der Waals surface area contributed by atoms with E-state index in [0.717, 1.165) is 18.8 Å². The first kappa shape index (κ1) is 11.9. The molecular weight excluding hydrogens is 220 g/mol. The summed E-state index contributed by atoms with van der Waals surface area (Å²) in [4.78, 5) is 4.12. The van der Waals surface area contributed by atoms with Crippen molar-refractivity contribution < 1.29 is 0 Å². The van der Waals surface area contributed by atoms with Crippen molar-refractivity contribution in [3.05, 3.63) is 12.2 Å². The number of aromatic nitrogens is 3. The monoisotopic (exact) mass is 240 g/mol. The van der Waals surface area contributed by atoms with Crippen molar-refractivity contribution in [3.63, 3.8) is 0 Å². The van der Waals surface area contributed by atoms with E-state index in [1.807, 2.05) is 0 Å². The predicted octanol–water partition coefficient (Wildman–Crippen LogP) is 1.47. The molecule has 0 radical (unpaired) electrons. The number of hydrogen-bond donors (Lipinski definition) is 2. The topological polar surface area (TPSA) is 53.6 Å². The molecule has 1 unspecified atom stereocenters. The fourth-order valence-electron chi connectivity index (χ4n) is 1.99. The fraction of sp³-hybridized carbons (Fsp3) is 0.818. The summed E-state index contributed by atoms with van der Waals surface area (Å²) in [6.07, 6.45) is 3.80. The highest BCUT2D eigenvalue weighted by molar-refractivity contribution is 7.99. The third kappa shape index (κ3) is 2.98. The molecule has 4 nitrogen and oxygen atoms in total. The minimum atomic E-state index is 0.423. The third-order valence-corrected chi connectivity index (χ3v) is 4.40. The third-order valence-electron chi connectivity index (χ3n) is 3.34. The van der Waals surface area contributed by atoms with Crippen LogP contribution in [0.4, 0.5) is 0 Å². The van der Waals surface area contributed by atoms with Crippen molar-refractivity contribution in [1.82, 2.24) is 20.5 Å². The van der Waals surface area contributed by atoms with Gasteiger partial charge in [0.05, 0.1) is 0 Å². The van der Waals surface area contributed by atoms with Crippen LogP contribution in [0.3, 0.4) is 0 Å². The van der Waals surface area contributed by atoms with Crippen LogP contribution in [0.1, 0.15) is 26.1 Å². The van der Waals surface area contributed by atoms with Gasteiger partial charge in [0.2, 0.25) is 0 Å². The van der Waals surface area contributed by atoms with Gasteiger partial charge in [-0.2, -0.15) is 16.9 Å². The Kier molecular flexibility index (Phi) is 3.86. The van der Waals surface area contributed by atoms with Crippen LogP contribution in [0.25, 0.3) is 0 Å². The largest absolute Gasteiger partial charge is 0.312 e. The van der Waals surface area contributed by atoms with E-state index in [1.165, 1.54) is 17.9 Å². The fourth-order valence-corrected chi connectivity index (χ4v) is 3.63. The molecule has 1 saturated heterocycles. The molecule has 90 valence electrons. The molecule has 1 aromatic heterocycles. The lowest BCUT2D eigenvalue weighted by Gasteiger charge is -2.38. The molecule has 5 heteroatoms. The molecule has 0 bridgehead atoms. The Morgan fingerprint density at radius 1 is 1.62 bits per heavy atom. The lowest BCUT2D eigenvalue weighted by molar-refractivity contribution is 0.247. The van der Waals surface area contributed by atoms with Crippen LogP contribution in [0.2, 0.25) is 0 Å². The summed E-state index contributed by atoms with van der Waals surface area (Å²) in [5, 5.41) is 10.4. The molecule has 0 aromatic carbocycles. The summed E-state index contributed by atoms with van der Waals surface area (Å²) in [5.41, 5.74) is 0.423. The van der Waals surface area contributed by atoms with Gasteiger partial charge in [-0.3, -0.25) is 5.10 Å². The van der Waals surface area contributed by atoms with E-state index in [9.17, 15) is 0 Å². The van der Waals surface area contributed by atoms with Gasteiger partial charge in [0, 0.05) is 24.8 Å². The minimum Gasteiger partial charge on any atom is -0.312 e. The van der Waals surface area contributed by atoms with Gasteiger partial charge in [-0.15, -0.1) is 0 Å². The first-order valence-corrected chi connectivity index (χ1v) is 6.99. The maximum Gasteiger partial charge on any atom is 0.137 e. The number of H-pyrrole nitrogens is 1. The van der Waals surface area contributed by atoms with Crippen LogP contribution in [-0.4, -0.2) is 39.3 Å². The Morgan fingerprint density at radius 3 is 3.19 bits per heavy atom. The molecule has 1 fully saturated rings. The summed E-state index contributed by atoms with van der Waals surface area (Å²) in [5.74, 6) is 3.49. The Bertz CT molecular complexity index is 310. The van der Waals surface area contributed by atoms with Crippen molar-refractivity contribution in [2.24, 2.45) is 5.41 Å². The molecule has 0 amide bonds. The first-order valence-electron chi connectivity index (χ1n) is 5.84. The summed E-state index contributed by atoms with van der Waals surface area (Å²) in [6, 6.07) is 0.620. The molecule has 0 aliphatic carbocycles. The molecule has 16 heavy (non-hydrogen) atoms. The highest BCUT2D eigenvalue weighted by atomic mass is 32.2. The molecule has 2 N–H and O–H groups in total. The summed E-state index contributed by atoms with van der Waals surface area (Å²) in [6.45, 7) is 5.70. The van der Waals surface area contributed by atoms with Crippen molar-refractivity contribution >= 4 is 11.8 Å². The number of nitrogens with zero attached hydrogens (tertiary/aromatic N) is 2. The Hall–Kier alpha value is -0.550. The van der Waals surface area contributed by atoms with E-state index in [-0.39, 0.29) is 0 Å². The number of nitrogens with one attached hydrogen (secondary N) is 2. The van der Waals surface area contributed by atoms with Crippen molar-refractivity contribution in [2.75, 3.05) is 18.1 Å². The number of rotatable bonds is 4. The van der Waals surface area contributed by atoms with Gasteiger partial charge in [-0.25, -0.2) is 4.98 Å². The normalized spacial score (nSPS) is 24.5. The molecule has 1 aliphatic rings. The Balaban J connectivity index is 1.76. The van der Waals surface area contributed by atoms with Crippen LogP contribution in [0.15, 0.2) is 6.33 Å². The first-order chi connectivity index (χ1) is 7.68. The standard InChI is InChI=1S/C11H20N4S/c1-11(2)4-6-16-7-9(11)12-5-3-10-13-8-14-15-10/h8-9,12H,3-7H2,1-2H3,(H,13,14,15). The van der Waals surface area contributed by atoms with Gasteiger partial charge < -0.3 is 5.32 Å². The lowest BCUT2D eigenvalue weighted by atomic mass is 9.82. The molecule has 0 spiro atoms. The van der Waals surface area contributed by atoms with Gasteiger partial charge in [0.1, 0.15) is 12.2 Å². The number of aromatic amines is 1. The zero-order chi connectivity index (χ0) is 11.4. The molecule has 1 aromatic rings. The smallest absolute Gasteiger partial charge is 0.137 e. The van der Waals surface area contributed by atoms with Crippen LogP contribution < -0.4 is 5.32 Å². The molecule has 2 rings (SSSR count). The zero-order valence-electron chi connectivity index (χ0n) is 9.99. The quantitative estimate of drug-likeness (QED) is 0.837. The van der Waals surface area contributed by atoms with E-state index >= 15 is 0 Å². The highest BCUT2D eigenvalue weighted by Gasteiger charge is 2.31. The molecule has 1 atom stereocenters. The van der Waals surface area contributed by atoms with Gasteiger partial charge in [-0.05, 0) is 17.6 Å². The van der Waals surface area contributed by atoms with Crippen LogP contribution in [0, 0.1) is 5.41 Å². The average molecular weight is 240 g/mol. The Labute approximate surface area is 101 Å². The van der Waals surface area contributed by atoms with Gasteiger partial charge >= 0.3 is 0 Å². The average Bonchev–Trinajstić information content (AvgIpc) is 2.73. The maximum absolute atomic E-state index is 4.12. The van der Waals surface area contributed by atoms with E-state index < -0.39 is 0 Å². The maximum atomic E-state index is 4.12. The summed E-state index contributed by atoms with van der Waals surface area (Å²) < 4.78 is 0. The van der Waals surface area contributed by atoms with Crippen LogP contribution in [0.5, 0.6) is 0 Å². The molecule has 2 heterocycles. The van der Waals surface area contributed by atoms with E-state index in [4.69, 9.17) is 0 Å². The number of thioether (sulfide) groups is 1. The van der Waals surface area contributed by atoms with Crippen molar-refractivity contribution in [3.8, 4) is 0 Å². The van der Waals surface area contributed by atoms with E-state index in [1.54, 1.807) is 6.33 Å². The van der Waals surface area contributed by atoms with Crippen molar-refractivity contribution in [1.29, 1.82) is 0 Å². The Morgan fingerprint density at radius 2 is 2.50 bits per heavy atom. The second-order valence-corrected chi connectivity index (χ2v) is 6.15. The SMILES string of the molecule is CC1(C)CCSCC1NCCc1ncn[nH]1. The second-order valence-electron chi connectivity index (χ2n) is 5.00. The highest BCUT2D eigenvalue weighted by Crippen LogP contribution is 2.33. The van der Waals surface area contributed by atoms with Crippen molar-refractivity contribution in [2.45, 2.75) is 32.7 Å². The second kappa shape index (κ2) is 5.19. The van der Waals surface area contributed by atoms with Gasteiger partial charge in [0.15, 0.2) is 0 Å². The van der Waals surface area contributed by atoms with Crippen LogP contribution >= 0.6 is 11.8 Å². The zero-order valence-corrected chi connectivity index (χ0v) is 10.8. The number of hydrogen-bond acceptors (Lipinski definition) is 4. The minimum absolute atomic E-state index is 0.423. The molecule has 0 saturated carbocycles. The summed E-state index contributed by atoms with van der Waals surface area (Å²) >= 11 is 2.05. The lowest BCUT2D eigenvalue weighted by Crippen LogP contribution is -2.47. The molecular formula is C11H20N4S. The van der Waals surface area contributed by atoms with Crippen LogP contribution in [-0.2, 0) is 6.42 Å².